The van der Waals surface area contributed by atoms with E-state index in [1.54, 1.807) is 12.1 Å². The molecule has 0 aliphatic heterocycles. The minimum atomic E-state index is -0.364. The van der Waals surface area contributed by atoms with Crippen molar-refractivity contribution in [1.29, 1.82) is 0 Å². The number of aliphatic hydroxyl groups is 1. The van der Waals surface area contributed by atoms with Crippen molar-refractivity contribution < 1.29 is 14.3 Å². The van der Waals surface area contributed by atoms with Gasteiger partial charge in [0.15, 0.2) is 0 Å². The van der Waals surface area contributed by atoms with Crippen LogP contribution in [0.1, 0.15) is 18.4 Å². The highest BCUT2D eigenvalue weighted by Gasteiger charge is 2.42. The van der Waals surface area contributed by atoms with Crippen LogP contribution in [0.15, 0.2) is 18.2 Å². The molecule has 0 saturated heterocycles. The van der Waals surface area contributed by atoms with E-state index in [-0.39, 0.29) is 23.9 Å². The summed E-state index contributed by atoms with van der Waals surface area (Å²) < 4.78 is 13.5. The van der Waals surface area contributed by atoms with Crippen LogP contribution in [0, 0.1) is 11.2 Å². The van der Waals surface area contributed by atoms with E-state index in [1.165, 1.54) is 6.07 Å². The van der Waals surface area contributed by atoms with Crippen LogP contribution in [-0.4, -0.2) is 30.8 Å². The van der Waals surface area contributed by atoms with Gasteiger partial charge in [0.2, 0.25) is 0 Å². The molecule has 0 aromatic heterocycles. The molecular formula is C14H18ClFN2O2. The summed E-state index contributed by atoms with van der Waals surface area (Å²) in [5.74, 6) is -0.364. The topological polar surface area (TPSA) is 61.4 Å². The Bertz CT molecular complexity index is 472. The number of amides is 2. The van der Waals surface area contributed by atoms with Gasteiger partial charge < -0.3 is 15.7 Å². The molecule has 0 heterocycles. The second kappa shape index (κ2) is 6.41. The Balaban J connectivity index is 1.71. The summed E-state index contributed by atoms with van der Waals surface area (Å²) in [6, 6.07) is 4.21. The first kappa shape index (κ1) is 15.1. The van der Waals surface area contributed by atoms with Crippen LogP contribution in [-0.2, 0) is 6.42 Å². The van der Waals surface area contributed by atoms with Crippen molar-refractivity contribution in [3.63, 3.8) is 0 Å². The van der Waals surface area contributed by atoms with Crippen molar-refractivity contribution in [3.8, 4) is 0 Å². The number of rotatable bonds is 6. The molecule has 2 amide bonds. The number of carbonyl (C=O) groups is 1. The Morgan fingerprint density at radius 1 is 1.40 bits per heavy atom. The summed E-state index contributed by atoms with van der Waals surface area (Å²) in [5.41, 5.74) is 0.287. The quantitative estimate of drug-likeness (QED) is 0.753. The zero-order valence-corrected chi connectivity index (χ0v) is 11.8. The van der Waals surface area contributed by atoms with Crippen LogP contribution in [0.2, 0.25) is 5.02 Å². The zero-order chi connectivity index (χ0) is 14.6. The average Bonchev–Trinajstić information content (AvgIpc) is 3.20. The van der Waals surface area contributed by atoms with E-state index in [0.717, 1.165) is 12.8 Å². The Morgan fingerprint density at radius 3 is 2.75 bits per heavy atom. The Morgan fingerprint density at radius 2 is 2.15 bits per heavy atom. The van der Waals surface area contributed by atoms with Crippen molar-refractivity contribution in [2.75, 3.05) is 19.7 Å². The molecule has 0 unspecified atom stereocenters. The van der Waals surface area contributed by atoms with E-state index in [1.807, 2.05) is 0 Å². The first-order valence-electron chi connectivity index (χ1n) is 6.62. The molecule has 4 nitrogen and oxygen atoms in total. The van der Waals surface area contributed by atoms with Crippen molar-refractivity contribution in [2.45, 2.75) is 19.3 Å². The molecule has 110 valence electrons. The lowest BCUT2D eigenvalue weighted by molar-refractivity contribution is 0.203. The number of carbonyl (C=O) groups excluding carboxylic acids is 1. The lowest BCUT2D eigenvalue weighted by Gasteiger charge is -2.13. The fourth-order valence-corrected chi connectivity index (χ4v) is 2.23. The van der Waals surface area contributed by atoms with Gasteiger partial charge in [-0.25, -0.2) is 9.18 Å². The highest BCUT2D eigenvalue weighted by Crippen LogP contribution is 2.44. The monoisotopic (exact) mass is 300 g/mol. The number of aliphatic hydroxyl groups excluding tert-OH is 1. The van der Waals surface area contributed by atoms with Gasteiger partial charge in [-0.3, -0.25) is 0 Å². The van der Waals surface area contributed by atoms with Crippen LogP contribution >= 0.6 is 11.6 Å². The van der Waals surface area contributed by atoms with Crippen molar-refractivity contribution in [1.82, 2.24) is 10.6 Å². The minimum absolute atomic E-state index is 0.0954. The van der Waals surface area contributed by atoms with Gasteiger partial charge in [0, 0.05) is 29.1 Å². The molecular weight excluding hydrogens is 283 g/mol. The Labute approximate surface area is 122 Å². The molecule has 3 N–H and O–H groups in total. The SMILES string of the molecule is O=C(NCCc1c(F)cccc1Cl)NCC1(CO)CC1. The number of nitrogens with one attached hydrogen (secondary N) is 2. The fraction of sp³-hybridized carbons (Fsp3) is 0.500. The summed E-state index contributed by atoms with van der Waals surface area (Å²) >= 11 is 5.90. The molecule has 0 bridgehead atoms. The van der Waals surface area contributed by atoms with Gasteiger partial charge in [-0.05, 0) is 31.4 Å². The van der Waals surface area contributed by atoms with Crippen LogP contribution in [0.5, 0.6) is 0 Å². The van der Waals surface area contributed by atoms with Gasteiger partial charge in [0.25, 0.3) is 0 Å². The van der Waals surface area contributed by atoms with Gasteiger partial charge in [0.1, 0.15) is 5.82 Å². The van der Waals surface area contributed by atoms with Gasteiger partial charge in [0.05, 0.1) is 6.61 Å². The zero-order valence-electron chi connectivity index (χ0n) is 11.1. The van der Waals surface area contributed by atoms with Crippen molar-refractivity contribution >= 4 is 17.6 Å². The first-order chi connectivity index (χ1) is 9.56. The van der Waals surface area contributed by atoms with E-state index in [0.29, 0.717) is 30.1 Å². The van der Waals surface area contributed by atoms with E-state index in [9.17, 15) is 9.18 Å². The smallest absolute Gasteiger partial charge is 0.314 e. The average molecular weight is 301 g/mol. The largest absolute Gasteiger partial charge is 0.396 e. The summed E-state index contributed by atoms with van der Waals surface area (Å²) in [7, 11) is 0. The maximum absolute atomic E-state index is 13.5. The molecule has 1 aliphatic rings. The third kappa shape index (κ3) is 3.84. The van der Waals surface area contributed by atoms with Crippen LogP contribution < -0.4 is 10.6 Å². The van der Waals surface area contributed by atoms with Gasteiger partial charge in [-0.2, -0.15) is 0 Å². The maximum Gasteiger partial charge on any atom is 0.314 e. The van der Waals surface area contributed by atoms with Crippen LogP contribution in [0.3, 0.4) is 0 Å². The molecule has 0 radical (unpaired) electrons. The molecule has 6 heteroatoms. The molecule has 1 fully saturated rings. The summed E-state index contributed by atoms with van der Waals surface area (Å²) in [6.45, 7) is 0.868. The van der Waals surface area contributed by atoms with E-state index >= 15 is 0 Å². The lowest BCUT2D eigenvalue weighted by Crippen LogP contribution is -2.40. The summed E-state index contributed by atoms with van der Waals surface area (Å²) in [6.07, 6.45) is 2.22. The third-order valence-electron chi connectivity index (χ3n) is 3.64. The van der Waals surface area contributed by atoms with Crippen LogP contribution in [0.25, 0.3) is 0 Å². The molecule has 1 aliphatic carbocycles. The van der Waals surface area contributed by atoms with Gasteiger partial charge >= 0.3 is 6.03 Å². The Hall–Kier alpha value is -1.33. The summed E-state index contributed by atoms with van der Waals surface area (Å²) in [4.78, 5) is 11.6. The minimum Gasteiger partial charge on any atom is -0.396 e. The van der Waals surface area contributed by atoms with Crippen LogP contribution in [0.4, 0.5) is 9.18 Å². The highest BCUT2D eigenvalue weighted by molar-refractivity contribution is 6.31. The highest BCUT2D eigenvalue weighted by atomic mass is 35.5. The first-order valence-corrected chi connectivity index (χ1v) is 7.00. The molecule has 1 saturated carbocycles. The fourth-order valence-electron chi connectivity index (χ4n) is 1.97. The second-order valence-electron chi connectivity index (χ2n) is 5.22. The molecule has 1 aromatic carbocycles. The second-order valence-corrected chi connectivity index (χ2v) is 5.62. The molecule has 0 atom stereocenters. The number of halogens is 2. The van der Waals surface area contributed by atoms with E-state index < -0.39 is 0 Å². The molecule has 0 spiro atoms. The number of urea groups is 1. The normalized spacial score (nSPS) is 15.8. The van der Waals surface area contributed by atoms with E-state index in [4.69, 9.17) is 16.7 Å². The van der Waals surface area contributed by atoms with Crippen molar-refractivity contribution in [3.05, 3.63) is 34.6 Å². The Kier molecular flexibility index (Phi) is 4.83. The predicted octanol–water partition coefficient (Wildman–Crippen LogP) is 2.09. The van der Waals surface area contributed by atoms with Gasteiger partial charge in [-0.1, -0.05) is 17.7 Å². The molecule has 2 rings (SSSR count). The molecule has 20 heavy (non-hydrogen) atoms. The number of hydrogen-bond acceptors (Lipinski definition) is 2. The van der Waals surface area contributed by atoms with Crippen molar-refractivity contribution in [2.24, 2.45) is 5.41 Å². The summed E-state index contributed by atoms with van der Waals surface area (Å²) in [5, 5.41) is 14.9. The molecule has 1 aromatic rings. The number of benzene rings is 1. The number of hydrogen-bond donors (Lipinski definition) is 3. The standard InChI is InChI=1S/C14H18ClFN2O2/c15-11-2-1-3-12(16)10(11)4-7-17-13(20)18-8-14(9-19)5-6-14/h1-3,19H,4-9H2,(H2,17,18,20). The maximum atomic E-state index is 13.5. The van der Waals surface area contributed by atoms with E-state index in [2.05, 4.69) is 10.6 Å². The third-order valence-corrected chi connectivity index (χ3v) is 3.99. The lowest BCUT2D eigenvalue weighted by atomic mass is 10.1. The van der Waals surface area contributed by atoms with Gasteiger partial charge in [-0.15, -0.1) is 0 Å². The predicted molar refractivity (Wildman–Crippen MR) is 75.3 cm³/mol.